The zero-order chi connectivity index (χ0) is 16.4. The third-order valence-corrected chi connectivity index (χ3v) is 3.27. The number of aromatic carboxylic acids is 1. The molecule has 1 amide bonds. The van der Waals surface area contributed by atoms with Gasteiger partial charge in [-0.05, 0) is 18.9 Å². The van der Waals surface area contributed by atoms with Gasteiger partial charge in [0.1, 0.15) is 17.1 Å². The van der Waals surface area contributed by atoms with E-state index in [9.17, 15) is 9.59 Å². The van der Waals surface area contributed by atoms with E-state index in [2.05, 4.69) is 5.16 Å². The van der Waals surface area contributed by atoms with E-state index in [1.807, 2.05) is 13.8 Å². The predicted octanol–water partition coefficient (Wildman–Crippen LogP) is 2.67. The summed E-state index contributed by atoms with van der Waals surface area (Å²) in [7, 11) is 1.58. The van der Waals surface area contributed by atoms with Crippen LogP contribution < -0.4 is 0 Å². The maximum Gasteiger partial charge on any atom is 0.339 e. The van der Waals surface area contributed by atoms with Gasteiger partial charge in [0.05, 0.1) is 12.2 Å². The number of aromatic nitrogens is 1. The Labute approximate surface area is 127 Å². The molecule has 7 heteroatoms. The van der Waals surface area contributed by atoms with Gasteiger partial charge in [-0.2, -0.15) is 0 Å². The fourth-order valence-corrected chi connectivity index (χ4v) is 1.99. The Morgan fingerprint density at radius 3 is 2.55 bits per heavy atom. The Balaban J connectivity index is 2.10. The van der Waals surface area contributed by atoms with E-state index in [0.29, 0.717) is 17.2 Å². The minimum Gasteiger partial charge on any atom is -0.478 e. The van der Waals surface area contributed by atoms with Crippen molar-refractivity contribution >= 4 is 11.9 Å². The number of hydrogen-bond acceptors (Lipinski definition) is 5. The molecule has 2 aromatic heterocycles. The molecular formula is C15H18N2O5. The normalized spacial score (nSPS) is 11.0. The Hall–Kier alpha value is -2.57. The number of carbonyl (C=O) groups excluding carboxylic acids is 1. The Morgan fingerprint density at radius 1 is 1.36 bits per heavy atom. The number of rotatable bonds is 5. The molecule has 7 nitrogen and oxygen atoms in total. The summed E-state index contributed by atoms with van der Waals surface area (Å²) in [6.07, 6.45) is 0. The molecular weight excluding hydrogens is 288 g/mol. The number of furan rings is 1. The quantitative estimate of drug-likeness (QED) is 0.912. The zero-order valence-electron chi connectivity index (χ0n) is 12.9. The molecule has 0 unspecified atom stereocenters. The standard InChI is InChI=1S/C15H18N2O5/c1-8(2)12-6-13(22-16-12)14(18)17(4)7-10-5-11(15(19)20)9(3)21-10/h5-6,8H,7H2,1-4H3,(H,19,20). The van der Waals surface area contributed by atoms with Gasteiger partial charge in [-0.1, -0.05) is 19.0 Å². The molecule has 118 valence electrons. The van der Waals surface area contributed by atoms with Crippen LogP contribution in [0, 0.1) is 6.92 Å². The summed E-state index contributed by atoms with van der Waals surface area (Å²) < 4.78 is 10.4. The number of hydrogen-bond donors (Lipinski definition) is 1. The summed E-state index contributed by atoms with van der Waals surface area (Å²) in [5, 5.41) is 12.8. The third-order valence-electron chi connectivity index (χ3n) is 3.27. The van der Waals surface area contributed by atoms with E-state index in [1.54, 1.807) is 20.0 Å². The van der Waals surface area contributed by atoms with Crippen LogP contribution in [0.4, 0.5) is 0 Å². The fourth-order valence-electron chi connectivity index (χ4n) is 1.99. The van der Waals surface area contributed by atoms with Gasteiger partial charge in [0, 0.05) is 13.1 Å². The van der Waals surface area contributed by atoms with Crippen molar-refractivity contribution in [1.82, 2.24) is 10.1 Å². The first-order valence-corrected chi connectivity index (χ1v) is 6.84. The Kier molecular flexibility index (Phi) is 4.35. The second-order valence-corrected chi connectivity index (χ2v) is 5.42. The molecule has 0 saturated carbocycles. The maximum absolute atomic E-state index is 12.2. The lowest BCUT2D eigenvalue weighted by Gasteiger charge is -2.13. The molecule has 0 aromatic carbocycles. The number of carboxylic acids is 1. The van der Waals surface area contributed by atoms with E-state index >= 15 is 0 Å². The largest absolute Gasteiger partial charge is 0.478 e. The van der Waals surface area contributed by atoms with E-state index in [1.165, 1.54) is 11.0 Å². The highest BCUT2D eigenvalue weighted by Gasteiger charge is 2.21. The van der Waals surface area contributed by atoms with Gasteiger partial charge < -0.3 is 18.9 Å². The summed E-state index contributed by atoms with van der Waals surface area (Å²) >= 11 is 0. The third kappa shape index (κ3) is 3.19. The highest BCUT2D eigenvalue weighted by molar-refractivity contribution is 5.91. The summed E-state index contributed by atoms with van der Waals surface area (Å²) in [5.74, 6) is -0.377. The van der Waals surface area contributed by atoms with Crippen LogP contribution in [0.1, 0.15) is 57.9 Å². The van der Waals surface area contributed by atoms with E-state index in [0.717, 1.165) is 0 Å². The van der Waals surface area contributed by atoms with Gasteiger partial charge >= 0.3 is 5.97 Å². The van der Waals surface area contributed by atoms with Crippen molar-refractivity contribution in [2.75, 3.05) is 7.05 Å². The number of nitrogens with zero attached hydrogens (tertiary/aromatic N) is 2. The molecule has 0 atom stereocenters. The van der Waals surface area contributed by atoms with Crippen molar-refractivity contribution in [3.8, 4) is 0 Å². The molecule has 0 bridgehead atoms. The molecule has 0 fully saturated rings. The molecule has 0 saturated heterocycles. The average molecular weight is 306 g/mol. The van der Waals surface area contributed by atoms with Crippen LogP contribution in [0.15, 0.2) is 21.1 Å². The van der Waals surface area contributed by atoms with Gasteiger partial charge in [-0.15, -0.1) is 0 Å². The molecule has 0 aliphatic heterocycles. The molecule has 2 rings (SSSR count). The number of carbonyl (C=O) groups is 2. The summed E-state index contributed by atoms with van der Waals surface area (Å²) in [6, 6.07) is 3.03. The van der Waals surface area contributed by atoms with Crippen LogP contribution in [0.3, 0.4) is 0 Å². The van der Waals surface area contributed by atoms with E-state index < -0.39 is 5.97 Å². The molecule has 0 radical (unpaired) electrons. The van der Waals surface area contributed by atoms with E-state index in [-0.39, 0.29) is 29.7 Å². The van der Waals surface area contributed by atoms with Gasteiger partial charge in [0.2, 0.25) is 5.76 Å². The lowest BCUT2D eigenvalue weighted by Crippen LogP contribution is -2.25. The lowest BCUT2D eigenvalue weighted by atomic mass is 10.1. The zero-order valence-corrected chi connectivity index (χ0v) is 12.9. The van der Waals surface area contributed by atoms with Crippen LogP contribution in [0.25, 0.3) is 0 Å². The Morgan fingerprint density at radius 2 is 2.05 bits per heavy atom. The highest BCUT2D eigenvalue weighted by Crippen LogP contribution is 2.18. The minimum atomic E-state index is -1.06. The SMILES string of the molecule is Cc1oc(CN(C)C(=O)c2cc(C(C)C)no2)cc1C(=O)O. The summed E-state index contributed by atoms with van der Waals surface area (Å²) in [6.45, 7) is 5.62. The first kappa shape index (κ1) is 15.8. The molecule has 2 aromatic rings. The second kappa shape index (κ2) is 6.05. The lowest BCUT2D eigenvalue weighted by molar-refractivity contribution is 0.0693. The highest BCUT2D eigenvalue weighted by atomic mass is 16.5. The predicted molar refractivity (Wildman–Crippen MR) is 76.8 cm³/mol. The van der Waals surface area contributed by atoms with E-state index in [4.69, 9.17) is 14.0 Å². The van der Waals surface area contributed by atoms with Crippen molar-refractivity contribution in [2.45, 2.75) is 33.2 Å². The molecule has 2 heterocycles. The van der Waals surface area contributed by atoms with Crippen molar-refractivity contribution in [2.24, 2.45) is 0 Å². The van der Waals surface area contributed by atoms with Gasteiger partial charge in [0.25, 0.3) is 5.91 Å². The number of carboxylic acid groups (broad SMARTS) is 1. The second-order valence-electron chi connectivity index (χ2n) is 5.42. The van der Waals surface area contributed by atoms with Crippen molar-refractivity contribution in [3.05, 3.63) is 40.7 Å². The molecule has 22 heavy (non-hydrogen) atoms. The van der Waals surface area contributed by atoms with Crippen LogP contribution in [-0.4, -0.2) is 34.1 Å². The first-order chi connectivity index (χ1) is 10.3. The monoisotopic (exact) mass is 306 g/mol. The van der Waals surface area contributed by atoms with Crippen molar-refractivity contribution in [3.63, 3.8) is 0 Å². The van der Waals surface area contributed by atoms with Crippen LogP contribution in [-0.2, 0) is 6.54 Å². The first-order valence-electron chi connectivity index (χ1n) is 6.84. The smallest absolute Gasteiger partial charge is 0.339 e. The number of aryl methyl sites for hydroxylation is 1. The van der Waals surface area contributed by atoms with Crippen molar-refractivity contribution in [1.29, 1.82) is 0 Å². The fraction of sp³-hybridized carbons (Fsp3) is 0.400. The van der Waals surface area contributed by atoms with Crippen molar-refractivity contribution < 1.29 is 23.6 Å². The molecule has 0 spiro atoms. The molecule has 0 aliphatic carbocycles. The minimum absolute atomic E-state index is 0.0950. The molecule has 0 aliphatic rings. The average Bonchev–Trinajstić information content (AvgIpc) is 3.04. The Bertz CT molecular complexity index is 699. The van der Waals surface area contributed by atoms with Gasteiger partial charge in [0.15, 0.2) is 0 Å². The van der Waals surface area contributed by atoms with Crippen LogP contribution >= 0.6 is 0 Å². The van der Waals surface area contributed by atoms with Gasteiger partial charge in [-0.3, -0.25) is 4.79 Å². The summed E-state index contributed by atoms with van der Waals surface area (Å²) in [4.78, 5) is 24.6. The van der Waals surface area contributed by atoms with Crippen LogP contribution in [0.5, 0.6) is 0 Å². The van der Waals surface area contributed by atoms with Crippen LogP contribution in [0.2, 0.25) is 0 Å². The summed E-state index contributed by atoms with van der Waals surface area (Å²) in [5.41, 5.74) is 0.802. The number of amides is 1. The topological polar surface area (TPSA) is 96.8 Å². The van der Waals surface area contributed by atoms with Gasteiger partial charge in [-0.25, -0.2) is 4.79 Å². The maximum atomic E-state index is 12.2. The molecule has 1 N–H and O–H groups in total.